The predicted molar refractivity (Wildman–Crippen MR) is 62.8 cm³/mol. The summed E-state index contributed by atoms with van der Waals surface area (Å²) >= 11 is 0. The van der Waals surface area contributed by atoms with Crippen LogP contribution in [0, 0.1) is 0 Å². The minimum absolute atomic E-state index is 0.0672. The average Bonchev–Trinajstić information content (AvgIpc) is 2.32. The molecule has 0 aliphatic heterocycles. The molecule has 0 unspecified atom stereocenters. The van der Waals surface area contributed by atoms with Crippen LogP contribution in [0.25, 0.3) is 11.0 Å². The van der Waals surface area contributed by atoms with E-state index in [0.29, 0.717) is 12.3 Å². The van der Waals surface area contributed by atoms with Crippen molar-refractivity contribution in [3.8, 4) is 5.75 Å². The highest BCUT2D eigenvalue weighted by atomic mass is 16.5. The van der Waals surface area contributed by atoms with Gasteiger partial charge in [0.1, 0.15) is 5.75 Å². The van der Waals surface area contributed by atoms with Gasteiger partial charge in [0.25, 0.3) is 5.56 Å². The Hall–Kier alpha value is -2.10. The first-order valence-corrected chi connectivity index (χ1v) is 4.90. The van der Waals surface area contributed by atoms with Crippen molar-refractivity contribution in [3.05, 3.63) is 47.4 Å². The first-order valence-electron chi connectivity index (χ1n) is 4.90. The van der Waals surface area contributed by atoms with E-state index in [4.69, 9.17) is 4.74 Å². The molecule has 0 spiro atoms. The predicted octanol–water partition coefficient (Wildman–Crippen LogP) is 1.59. The van der Waals surface area contributed by atoms with Crippen LogP contribution in [0.15, 0.2) is 41.8 Å². The topological polar surface area (TPSA) is 44.1 Å². The Morgan fingerprint density at radius 2 is 2.38 bits per heavy atom. The van der Waals surface area contributed by atoms with Crippen LogP contribution in [0.1, 0.15) is 0 Å². The molecule has 0 radical (unpaired) electrons. The maximum Gasteiger partial charge on any atom is 0.251 e. The zero-order valence-electron chi connectivity index (χ0n) is 9.01. The Morgan fingerprint density at radius 1 is 1.56 bits per heavy atom. The summed E-state index contributed by atoms with van der Waals surface area (Å²) in [7, 11) is 1.57. The second kappa shape index (κ2) is 4.18. The van der Waals surface area contributed by atoms with Gasteiger partial charge in [-0.1, -0.05) is 6.08 Å². The average molecular weight is 216 g/mol. The summed E-state index contributed by atoms with van der Waals surface area (Å²) in [6.45, 7) is 4.10. The van der Waals surface area contributed by atoms with Crippen molar-refractivity contribution in [2.75, 3.05) is 7.11 Å². The molecule has 16 heavy (non-hydrogen) atoms. The van der Waals surface area contributed by atoms with Gasteiger partial charge in [-0.3, -0.25) is 9.78 Å². The smallest absolute Gasteiger partial charge is 0.251 e. The fraction of sp³-hybridized carbons (Fsp3) is 0.167. The lowest BCUT2D eigenvalue weighted by atomic mass is 10.3. The molecule has 0 saturated heterocycles. The third-order valence-corrected chi connectivity index (χ3v) is 2.36. The molecular weight excluding hydrogens is 204 g/mol. The van der Waals surface area contributed by atoms with Crippen molar-refractivity contribution in [2.24, 2.45) is 0 Å². The number of rotatable bonds is 3. The SMILES string of the molecule is C=CCn1c(=O)ccc2ncc(OC)cc21. The highest BCUT2D eigenvalue weighted by Crippen LogP contribution is 2.16. The largest absolute Gasteiger partial charge is 0.495 e. The molecule has 4 heteroatoms. The number of ether oxygens (including phenoxy) is 1. The summed E-state index contributed by atoms with van der Waals surface area (Å²) < 4.78 is 6.70. The second-order valence-electron chi connectivity index (χ2n) is 3.35. The Morgan fingerprint density at radius 3 is 3.06 bits per heavy atom. The fourth-order valence-corrected chi connectivity index (χ4v) is 1.58. The molecule has 0 bridgehead atoms. The summed E-state index contributed by atoms with van der Waals surface area (Å²) in [5.41, 5.74) is 1.46. The summed E-state index contributed by atoms with van der Waals surface area (Å²) in [6.07, 6.45) is 3.31. The molecule has 0 aromatic carbocycles. The number of aromatic nitrogens is 2. The molecule has 82 valence electrons. The lowest BCUT2D eigenvalue weighted by molar-refractivity contribution is 0.413. The lowest BCUT2D eigenvalue weighted by Crippen LogP contribution is -2.18. The van der Waals surface area contributed by atoms with Crippen LogP contribution >= 0.6 is 0 Å². The summed E-state index contributed by atoms with van der Waals surface area (Å²) in [4.78, 5) is 15.9. The quantitative estimate of drug-likeness (QED) is 0.732. The van der Waals surface area contributed by atoms with E-state index in [1.807, 2.05) is 0 Å². The van der Waals surface area contributed by atoms with E-state index in [1.54, 1.807) is 36.1 Å². The first-order chi connectivity index (χ1) is 7.76. The number of allylic oxidation sites excluding steroid dienone is 1. The van der Waals surface area contributed by atoms with Crippen LogP contribution in [0.4, 0.5) is 0 Å². The third kappa shape index (κ3) is 1.69. The molecule has 0 amide bonds. The first kappa shape index (κ1) is 10.4. The van der Waals surface area contributed by atoms with E-state index in [1.165, 1.54) is 6.07 Å². The number of hydrogen-bond acceptors (Lipinski definition) is 3. The molecule has 4 nitrogen and oxygen atoms in total. The van der Waals surface area contributed by atoms with Crippen molar-refractivity contribution in [1.82, 2.24) is 9.55 Å². The van der Waals surface area contributed by atoms with E-state index in [2.05, 4.69) is 11.6 Å². The minimum Gasteiger partial charge on any atom is -0.495 e. The van der Waals surface area contributed by atoms with E-state index in [-0.39, 0.29) is 5.56 Å². The van der Waals surface area contributed by atoms with Gasteiger partial charge in [-0.25, -0.2) is 0 Å². The van der Waals surface area contributed by atoms with Crippen molar-refractivity contribution in [1.29, 1.82) is 0 Å². The Kier molecular flexibility index (Phi) is 2.72. The maximum atomic E-state index is 11.7. The van der Waals surface area contributed by atoms with Gasteiger partial charge >= 0.3 is 0 Å². The number of nitrogens with zero attached hydrogens (tertiary/aromatic N) is 2. The van der Waals surface area contributed by atoms with E-state index in [0.717, 1.165) is 11.0 Å². The highest BCUT2D eigenvalue weighted by molar-refractivity contribution is 5.75. The van der Waals surface area contributed by atoms with Crippen LogP contribution in [-0.4, -0.2) is 16.7 Å². The zero-order chi connectivity index (χ0) is 11.5. The summed E-state index contributed by atoms with van der Waals surface area (Å²) in [6, 6.07) is 5.01. The summed E-state index contributed by atoms with van der Waals surface area (Å²) in [5, 5.41) is 0. The molecule has 0 aliphatic rings. The molecule has 0 aliphatic carbocycles. The molecular formula is C12H12N2O2. The van der Waals surface area contributed by atoms with Gasteiger partial charge in [0.15, 0.2) is 0 Å². The molecule has 0 fully saturated rings. The number of pyridine rings is 2. The highest BCUT2D eigenvalue weighted by Gasteiger charge is 2.04. The van der Waals surface area contributed by atoms with E-state index < -0.39 is 0 Å². The number of methoxy groups -OCH3 is 1. The van der Waals surface area contributed by atoms with E-state index in [9.17, 15) is 4.79 Å². The van der Waals surface area contributed by atoms with Gasteiger partial charge in [-0.15, -0.1) is 6.58 Å². The monoisotopic (exact) mass is 216 g/mol. The van der Waals surface area contributed by atoms with Gasteiger partial charge in [0, 0.05) is 18.7 Å². The normalized spacial score (nSPS) is 10.3. The van der Waals surface area contributed by atoms with Crippen LogP contribution in [0.5, 0.6) is 5.75 Å². The van der Waals surface area contributed by atoms with Crippen molar-refractivity contribution >= 4 is 11.0 Å². The van der Waals surface area contributed by atoms with Gasteiger partial charge in [-0.2, -0.15) is 0 Å². The molecule has 2 aromatic heterocycles. The van der Waals surface area contributed by atoms with Crippen molar-refractivity contribution in [3.63, 3.8) is 0 Å². The minimum atomic E-state index is -0.0672. The van der Waals surface area contributed by atoms with Gasteiger partial charge < -0.3 is 9.30 Å². The second-order valence-corrected chi connectivity index (χ2v) is 3.35. The van der Waals surface area contributed by atoms with E-state index >= 15 is 0 Å². The zero-order valence-corrected chi connectivity index (χ0v) is 9.01. The standard InChI is InChI=1S/C12H12N2O2/c1-3-6-14-11-7-9(16-2)8-13-10(11)4-5-12(14)15/h3-5,7-8H,1,6H2,2H3. The fourth-order valence-electron chi connectivity index (χ4n) is 1.58. The lowest BCUT2D eigenvalue weighted by Gasteiger charge is -2.08. The maximum absolute atomic E-state index is 11.7. The number of hydrogen-bond donors (Lipinski definition) is 0. The van der Waals surface area contributed by atoms with Gasteiger partial charge in [0.2, 0.25) is 0 Å². The van der Waals surface area contributed by atoms with Gasteiger partial charge in [0.05, 0.1) is 24.3 Å². The third-order valence-electron chi connectivity index (χ3n) is 2.36. The molecule has 2 aromatic rings. The van der Waals surface area contributed by atoms with Crippen molar-refractivity contribution in [2.45, 2.75) is 6.54 Å². The Balaban J connectivity index is 2.77. The van der Waals surface area contributed by atoms with Crippen LogP contribution in [0.3, 0.4) is 0 Å². The van der Waals surface area contributed by atoms with Crippen LogP contribution in [-0.2, 0) is 6.54 Å². The Bertz CT molecular complexity index is 587. The Labute approximate surface area is 92.8 Å². The van der Waals surface area contributed by atoms with Crippen molar-refractivity contribution < 1.29 is 4.74 Å². The molecule has 0 saturated carbocycles. The van der Waals surface area contributed by atoms with Crippen LogP contribution < -0.4 is 10.3 Å². The van der Waals surface area contributed by atoms with Gasteiger partial charge in [-0.05, 0) is 6.07 Å². The molecule has 0 atom stereocenters. The molecule has 0 N–H and O–H groups in total. The van der Waals surface area contributed by atoms with Crippen LogP contribution in [0.2, 0.25) is 0 Å². The molecule has 2 heterocycles. The molecule has 2 rings (SSSR count). The number of fused-ring (bicyclic) bond motifs is 1. The summed E-state index contributed by atoms with van der Waals surface area (Å²) in [5.74, 6) is 0.635.